The molecule has 0 aromatic heterocycles. The maximum absolute atomic E-state index is 12.7. The van der Waals surface area contributed by atoms with Gasteiger partial charge in [0.25, 0.3) is 5.91 Å². The number of piperidine rings is 1. The zero-order valence-electron chi connectivity index (χ0n) is 18.6. The second-order valence-electron chi connectivity index (χ2n) is 10.8. The number of benzene rings is 1. The molecule has 4 fully saturated rings. The number of hydrogen-bond donors (Lipinski definition) is 3. The molecule has 3 atom stereocenters. The number of carbonyl (C=O) groups excluding carboxylic acids is 1. The molecule has 1 aromatic carbocycles. The van der Waals surface area contributed by atoms with Crippen LogP contribution in [0.15, 0.2) is 24.3 Å². The molecular formula is C26H38N2O3. The third-order valence-electron chi connectivity index (χ3n) is 8.48. The van der Waals surface area contributed by atoms with Crippen LogP contribution < -0.4 is 5.32 Å². The topological polar surface area (TPSA) is 72.8 Å². The van der Waals surface area contributed by atoms with Gasteiger partial charge in [0.1, 0.15) is 11.4 Å². The maximum Gasteiger partial charge on any atom is 0.252 e. The highest BCUT2D eigenvalue weighted by molar-refractivity contribution is 5.87. The molecule has 5 rings (SSSR count). The second kappa shape index (κ2) is 8.74. The van der Waals surface area contributed by atoms with E-state index in [2.05, 4.69) is 16.3 Å². The number of nitrogens with one attached hydrogen (secondary N) is 1. The first-order valence-electron chi connectivity index (χ1n) is 12.6. The highest BCUT2D eigenvalue weighted by atomic mass is 16.3. The molecule has 0 spiro atoms. The van der Waals surface area contributed by atoms with Gasteiger partial charge in [-0.25, -0.2) is 0 Å². The standard InChI is InChI=1S/C26H38N2O3/c29-24-8-4-7-19(16-24)20-14-22-9-10-23(15-20)28(22)17-21(13-18-5-2-1-3-6-18)27-25(30)26(31)11-12-26/h4,7-8,16,18,20-23,29,31H,1-3,5-6,9-15,17H2,(H,27,30). The molecule has 3 N–H and O–H groups in total. The van der Waals surface area contributed by atoms with Crippen LogP contribution >= 0.6 is 0 Å². The Kier molecular flexibility index (Phi) is 6.00. The molecule has 5 heteroatoms. The lowest BCUT2D eigenvalue weighted by Crippen LogP contribution is -2.52. The normalized spacial score (nSPS) is 31.3. The first-order chi connectivity index (χ1) is 15.0. The lowest BCUT2D eigenvalue weighted by Gasteiger charge is -2.41. The maximum atomic E-state index is 12.7. The van der Waals surface area contributed by atoms with Gasteiger partial charge in [-0.15, -0.1) is 0 Å². The average molecular weight is 427 g/mol. The van der Waals surface area contributed by atoms with Gasteiger partial charge in [0.2, 0.25) is 0 Å². The summed E-state index contributed by atoms with van der Waals surface area (Å²) in [6.45, 7) is 0.917. The van der Waals surface area contributed by atoms with Crippen LogP contribution in [0, 0.1) is 5.92 Å². The van der Waals surface area contributed by atoms with Crippen molar-refractivity contribution in [2.75, 3.05) is 6.54 Å². The fourth-order valence-corrected chi connectivity index (χ4v) is 6.55. The van der Waals surface area contributed by atoms with E-state index in [1.54, 1.807) is 6.07 Å². The lowest BCUT2D eigenvalue weighted by atomic mass is 9.83. The Morgan fingerprint density at radius 2 is 1.81 bits per heavy atom. The fraction of sp³-hybridized carbons (Fsp3) is 0.731. The molecule has 0 radical (unpaired) electrons. The smallest absolute Gasteiger partial charge is 0.252 e. The molecule has 1 aromatic rings. The third-order valence-corrected chi connectivity index (χ3v) is 8.48. The molecule has 2 saturated carbocycles. The molecular weight excluding hydrogens is 388 g/mol. The first-order valence-corrected chi connectivity index (χ1v) is 12.6. The van der Waals surface area contributed by atoms with Crippen LogP contribution in [0.2, 0.25) is 0 Å². The van der Waals surface area contributed by atoms with Crippen molar-refractivity contribution in [1.82, 2.24) is 10.2 Å². The number of rotatable bonds is 7. The molecule has 4 aliphatic rings. The molecule has 1 amide bonds. The van der Waals surface area contributed by atoms with Gasteiger partial charge in [0.05, 0.1) is 0 Å². The van der Waals surface area contributed by atoms with Crippen LogP contribution in [-0.4, -0.2) is 51.3 Å². The molecule has 2 bridgehead atoms. The van der Waals surface area contributed by atoms with Crippen LogP contribution in [0.3, 0.4) is 0 Å². The first kappa shape index (κ1) is 21.3. The minimum absolute atomic E-state index is 0.139. The average Bonchev–Trinajstić information content (AvgIpc) is 3.48. The number of carbonyl (C=O) groups is 1. The summed E-state index contributed by atoms with van der Waals surface area (Å²) >= 11 is 0. The van der Waals surface area contributed by atoms with E-state index < -0.39 is 5.60 Å². The summed E-state index contributed by atoms with van der Waals surface area (Å²) in [6.07, 6.45) is 13.5. The number of aliphatic hydroxyl groups is 1. The van der Waals surface area contributed by atoms with Crippen molar-refractivity contribution >= 4 is 5.91 Å². The van der Waals surface area contributed by atoms with E-state index in [0.29, 0.717) is 42.5 Å². The summed E-state index contributed by atoms with van der Waals surface area (Å²) in [5, 5.41) is 23.5. The summed E-state index contributed by atoms with van der Waals surface area (Å²) in [6, 6.07) is 9.04. The molecule has 5 nitrogen and oxygen atoms in total. The van der Waals surface area contributed by atoms with Gasteiger partial charge < -0.3 is 15.5 Å². The molecule has 3 unspecified atom stereocenters. The highest BCUT2D eigenvalue weighted by Gasteiger charge is 2.49. The predicted molar refractivity (Wildman–Crippen MR) is 121 cm³/mol. The van der Waals surface area contributed by atoms with E-state index >= 15 is 0 Å². The van der Waals surface area contributed by atoms with E-state index in [9.17, 15) is 15.0 Å². The molecule has 2 aliphatic carbocycles. The van der Waals surface area contributed by atoms with Crippen molar-refractivity contribution in [3.8, 4) is 5.75 Å². The third kappa shape index (κ3) is 4.78. The fourth-order valence-electron chi connectivity index (χ4n) is 6.55. The minimum Gasteiger partial charge on any atom is -0.508 e. The van der Waals surface area contributed by atoms with Gasteiger partial charge in [-0.1, -0.05) is 44.2 Å². The van der Waals surface area contributed by atoms with Gasteiger partial charge >= 0.3 is 0 Å². The summed E-state index contributed by atoms with van der Waals surface area (Å²) in [4.78, 5) is 15.3. The predicted octanol–water partition coefficient (Wildman–Crippen LogP) is 4.08. The van der Waals surface area contributed by atoms with E-state index in [1.165, 1.54) is 50.5 Å². The van der Waals surface area contributed by atoms with E-state index in [0.717, 1.165) is 25.8 Å². The van der Waals surface area contributed by atoms with Gasteiger partial charge in [-0.05, 0) is 74.5 Å². The van der Waals surface area contributed by atoms with E-state index in [4.69, 9.17) is 0 Å². The Morgan fingerprint density at radius 3 is 2.45 bits per heavy atom. The Hall–Kier alpha value is -1.59. The van der Waals surface area contributed by atoms with Gasteiger partial charge in [0, 0.05) is 24.7 Å². The Balaban J connectivity index is 1.25. The van der Waals surface area contributed by atoms with E-state index in [-0.39, 0.29) is 11.9 Å². The van der Waals surface area contributed by atoms with Crippen molar-refractivity contribution in [2.24, 2.45) is 5.92 Å². The number of phenols is 1. The van der Waals surface area contributed by atoms with Gasteiger partial charge in [-0.2, -0.15) is 0 Å². The van der Waals surface area contributed by atoms with Gasteiger partial charge in [-0.3, -0.25) is 9.69 Å². The zero-order chi connectivity index (χ0) is 21.4. The van der Waals surface area contributed by atoms with E-state index in [1.807, 2.05) is 12.1 Å². The molecule has 2 saturated heterocycles. The number of hydrogen-bond acceptors (Lipinski definition) is 4. The van der Waals surface area contributed by atoms with Crippen LogP contribution in [0.1, 0.15) is 88.5 Å². The minimum atomic E-state index is -1.09. The van der Waals surface area contributed by atoms with Crippen molar-refractivity contribution < 1.29 is 15.0 Å². The Labute approximate surface area is 186 Å². The Bertz CT molecular complexity index is 773. The van der Waals surface area contributed by atoms with Crippen molar-refractivity contribution in [2.45, 2.75) is 107 Å². The Morgan fingerprint density at radius 1 is 1.10 bits per heavy atom. The number of fused-ring (bicyclic) bond motifs is 2. The summed E-state index contributed by atoms with van der Waals surface area (Å²) in [5.74, 6) is 1.44. The number of amides is 1. The van der Waals surface area contributed by atoms with Crippen LogP contribution in [0.25, 0.3) is 0 Å². The number of nitrogens with zero attached hydrogens (tertiary/aromatic N) is 1. The molecule has 31 heavy (non-hydrogen) atoms. The molecule has 2 heterocycles. The second-order valence-corrected chi connectivity index (χ2v) is 10.8. The quantitative estimate of drug-likeness (QED) is 0.614. The number of aromatic hydroxyl groups is 1. The SMILES string of the molecule is O=C(NC(CC1CCCCC1)CN1C2CCC1CC(c1cccc(O)c1)C2)C1(O)CC1. The highest BCUT2D eigenvalue weighted by Crippen LogP contribution is 2.44. The monoisotopic (exact) mass is 426 g/mol. The van der Waals surface area contributed by atoms with Crippen LogP contribution in [0.4, 0.5) is 0 Å². The van der Waals surface area contributed by atoms with Crippen molar-refractivity contribution in [3.63, 3.8) is 0 Å². The lowest BCUT2D eigenvalue weighted by molar-refractivity contribution is -0.132. The summed E-state index contributed by atoms with van der Waals surface area (Å²) < 4.78 is 0. The molecule has 170 valence electrons. The molecule has 2 aliphatic heterocycles. The van der Waals surface area contributed by atoms with Gasteiger partial charge in [0.15, 0.2) is 0 Å². The summed E-state index contributed by atoms with van der Waals surface area (Å²) in [5.41, 5.74) is 0.172. The van der Waals surface area contributed by atoms with Crippen molar-refractivity contribution in [1.29, 1.82) is 0 Å². The zero-order valence-corrected chi connectivity index (χ0v) is 18.6. The summed E-state index contributed by atoms with van der Waals surface area (Å²) in [7, 11) is 0. The van der Waals surface area contributed by atoms with Crippen molar-refractivity contribution in [3.05, 3.63) is 29.8 Å². The van der Waals surface area contributed by atoms with Crippen LogP contribution in [-0.2, 0) is 4.79 Å². The van der Waals surface area contributed by atoms with Crippen LogP contribution in [0.5, 0.6) is 5.75 Å². The number of phenolic OH excluding ortho intramolecular Hbond substituents is 1. The largest absolute Gasteiger partial charge is 0.508 e.